The second kappa shape index (κ2) is 6.26. The Balaban J connectivity index is 1.82. The summed E-state index contributed by atoms with van der Waals surface area (Å²) in [4.78, 5) is 0. The van der Waals surface area contributed by atoms with Crippen LogP contribution in [-0.4, -0.2) is 10.2 Å². The maximum absolute atomic E-state index is 10.4. The number of fused-ring (bicyclic) bond motifs is 3. The highest BCUT2D eigenvalue weighted by Crippen LogP contribution is 2.36. The lowest BCUT2D eigenvalue weighted by atomic mass is 9.93. The van der Waals surface area contributed by atoms with Gasteiger partial charge in [-0.25, -0.2) is 0 Å². The first-order chi connectivity index (χ1) is 12.1. The number of rotatable bonds is 4. The highest BCUT2D eigenvalue weighted by Gasteiger charge is 2.18. The molecule has 0 spiro atoms. The van der Waals surface area contributed by atoms with Crippen LogP contribution in [0.3, 0.4) is 0 Å². The number of phenols is 1. The molecule has 0 amide bonds. The first-order valence-corrected chi connectivity index (χ1v) is 8.53. The zero-order valence-corrected chi connectivity index (χ0v) is 14.1. The van der Waals surface area contributed by atoms with E-state index in [0.717, 1.165) is 45.0 Å². The van der Waals surface area contributed by atoms with Crippen LogP contribution in [0.25, 0.3) is 21.9 Å². The Morgan fingerprint density at radius 3 is 2.36 bits per heavy atom. The molecule has 1 atom stereocenters. The van der Waals surface area contributed by atoms with Gasteiger partial charge < -0.3 is 14.6 Å². The Hall–Kier alpha value is -2.78. The van der Waals surface area contributed by atoms with Crippen LogP contribution in [0.1, 0.15) is 29.7 Å². The molecule has 0 fully saturated rings. The van der Waals surface area contributed by atoms with Crippen molar-refractivity contribution in [2.45, 2.75) is 25.9 Å². The van der Waals surface area contributed by atoms with Crippen molar-refractivity contribution in [3.05, 3.63) is 77.4 Å². The molecule has 3 nitrogen and oxygen atoms in total. The number of furan rings is 1. The van der Waals surface area contributed by atoms with Gasteiger partial charge in [-0.05, 0) is 54.7 Å². The summed E-state index contributed by atoms with van der Waals surface area (Å²) in [7, 11) is 0. The topological polar surface area (TPSA) is 53.6 Å². The van der Waals surface area contributed by atoms with Crippen LogP contribution in [0.4, 0.5) is 0 Å². The van der Waals surface area contributed by atoms with Gasteiger partial charge >= 0.3 is 0 Å². The Morgan fingerprint density at radius 1 is 0.840 bits per heavy atom. The molecule has 1 aromatic heterocycles. The second-order valence-electron chi connectivity index (χ2n) is 6.41. The van der Waals surface area contributed by atoms with Gasteiger partial charge in [-0.15, -0.1) is 0 Å². The van der Waals surface area contributed by atoms with Crippen LogP contribution >= 0.6 is 0 Å². The summed E-state index contributed by atoms with van der Waals surface area (Å²) in [5.41, 5.74) is 4.53. The molecule has 4 aromatic rings. The first-order valence-electron chi connectivity index (χ1n) is 8.53. The lowest BCUT2D eigenvalue weighted by molar-refractivity contribution is 0.200. The fourth-order valence-electron chi connectivity index (χ4n) is 3.57. The van der Waals surface area contributed by atoms with Gasteiger partial charge in [-0.2, -0.15) is 0 Å². The van der Waals surface area contributed by atoms with Gasteiger partial charge in [0.2, 0.25) is 0 Å². The summed E-state index contributed by atoms with van der Waals surface area (Å²) in [5.74, 6) is 0.316. The third kappa shape index (κ3) is 2.77. The van der Waals surface area contributed by atoms with Gasteiger partial charge in [0, 0.05) is 10.8 Å². The highest BCUT2D eigenvalue weighted by atomic mass is 16.3. The van der Waals surface area contributed by atoms with Gasteiger partial charge in [0.05, 0.1) is 6.10 Å². The van der Waals surface area contributed by atoms with Crippen molar-refractivity contribution in [2.24, 2.45) is 0 Å². The molecule has 2 N–H and O–H groups in total. The van der Waals surface area contributed by atoms with E-state index in [9.17, 15) is 10.2 Å². The lowest BCUT2D eigenvalue weighted by Gasteiger charge is -2.14. The number of aliphatic hydroxyl groups is 1. The van der Waals surface area contributed by atoms with Gasteiger partial charge in [-0.3, -0.25) is 0 Å². The quantitative estimate of drug-likeness (QED) is 0.545. The van der Waals surface area contributed by atoms with Crippen molar-refractivity contribution < 1.29 is 14.6 Å². The van der Waals surface area contributed by atoms with E-state index < -0.39 is 6.10 Å². The van der Waals surface area contributed by atoms with Crippen LogP contribution in [-0.2, 0) is 12.8 Å². The van der Waals surface area contributed by atoms with Crippen LogP contribution in [0.2, 0.25) is 0 Å². The molecular formula is C22H20O3. The molecule has 0 aliphatic heterocycles. The van der Waals surface area contributed by atoms with Crippen molar-refractivity contribution in [1.82, 2.24) is 0 Å². The molecule has 3 aromatic carbocycles. The molecule has 4 rings (SSSR count). The first kappa shape index (κ1) is 15.7. The van der Waals surface area contributed by atoms with Gasteiger partial charge in [0.15, 0.2) is 0 Å². The van der Waals surface area contributed by atoms with E-state index in [1.165, 1.54) is 0 Å². The van der Waals surface area contributed by atoms with Gasteiger partial charge in [0.1, 0.15) is 16.9 Å². The molecule has 0 saturated carbocycles. The largest absolute Gasteiger partial charge is 0.508 e. The molecule has 0 aliphatic carbocycles. The summed E-state index contributed by atoms with van der Waals surface area (Å²) >= 11 is 0. The number of benzene rings is 3. The number of phenolic OH excluding ortho intramolecular Hbond substituents is 1. The monoisotopic (exact) mass is 332 g/mol. The van der Waals surface area contributed by atoms with E-state index >= 15 is 0 Å². The summed E-state index contributed by atoms with van der Waals surface area (Å²) in [6.45, 7) is 1.79. The van der Waals surface area contributed by atoms with Gasteiger partial charge in [-0.1, -0.05) is 42.5 Å². The lowest BCUT2D eigenvalue weighted by Crippen LogP contribution is -2.01. The number of para-hydroxylation sites is 2. The van der Waals surface area contributed by atoms with Crippen molar-refractivity contribution >= 4 is 21.9 Å². The maximum Gasteiger partial charge on any atom is 0.135 e. The number of hydrogen-bond donors (Lipinski definition) is 2. The average Bonchev–Trinajstić information content (AvgIpc) is 2.99. The minimum absolute atomic E-state index is 0.316. The molecular weight excluding hydrogens is 312 g/mol. The van der Waals surface area contributed by atoms with E-state index in [1.807, 2.05) is 54.6 Å². The van der Waals surface area contributed by atoms with Crippen LogP contribution < -0.4 is 0 Å². The Kier molecular flexibility index (Phi) is 3.94. The molecule has 3 heteroatoms. The van der Waals surface area contributed by atoms with Crippen molar-refractivity contribution in [3.63, 3.8) is 0 Å². The smallest absolute Gasteiger partial charge is 0.135 e. The maximum atomic E-state index is 10.4. The van der Waals surface area contributed by atoms with Crippen LogP contribution in [0.5, 0.6) is 5.75 Å². The van der Waals surface area contributed by atoms with E-state index in [1.54, 1.807) is 13.0 Å². The molecule has 1 heterocycles. The number of hydrogen-bond acceptors (Lipinski definition) is 3. The fourth-order valence-corrected chi connectivity index (χ4v) is 3.57. The van der Waals surface area contributed by atoms with E-state index in [-0.39, 0.29) is 0 Å². The third-order valence-corrected chi connectivity index (χ3v) is 4.75. The SMILES string of the molecule is CC(O)c1c(CCc2ccccc2O)ccc2oc3ccccc3c12. The standard InChI is InChI=1S/C22H20O3/c1-14(23)21-16(11-10-15-6-2-4-8-18(15)24)12-13-20-22(21)17-7-3-5-9-19(17)25-20/h2-9,12-14,23-24H,10-11H2,1H3. The molecule has 0 bridgehead atoms. The van der Waals surface area contributed by atoms with E-state index in [4.69, 9.17) is 4.42 Å². The molecule has 0 aliphatic rings. The van der Waals surface area contributed by atoms with E-state index in [2.05, 4.69) is 0 Å². The molecule has 1 unspecified atom stereocenters. The summed E-state index contributed by atoms with van der Waals surface area (Å²) in [5, 5.41) is 22.4. The Labute approximate surface area is 146 Å². The normalized spacial score (nSPS) is 12.7. The highest BCUT2D eigenvalue weighted by molar-refractivity contribution is 6.07. The minimum Gasteiger partial charge on any atom is -0.508 e. The van der Waals surface area contributed by atoms with E-state index in [0.29, 0.717) is 12.2 Å². The molecule has 25 heavy (non-hydrogen) atoms. The molecule has 0 radical (unpaired) electrons. The zero-order chi connectivity index (χ0) is 17.4. The predicted molar refractivity (Wildman–Crippen MR) is 99.9 cm³/mol. The fraction of sp³-hybridized carbons (Fsp3) is 0.182. The average molecular weight is 332 g/mol. The third-order valence-electron chi connectivity index (χ3n) is 4.75. The minimum atomic E-state index is -0.593. The second-order valence-corrected chi connectivity index (χ2v) is 6.41. The van der Waals surface area contributed by atoms with Crippen LogP contribution in [0, 0.1) is 0 Å². The van der Waals surface area contributed by atoms with Gasteiger partial charge in [0.25, 0.3) is 0 Å². The van der Waals surface area contributed by atoms with Crippen molar-refractivity contribution in [1.29, 1.82) is 0 Å². The molecule has 0 saturated heterocycles. The van der Waals surface area contributed by atoms with Crippen LogP contribution in [0.15, 0.2) is 65.1 Å². The Morgan fingerprint density at radius 2 is 1.56 bits per heavy atom. The molecule has 126 valence electrons. The number of aryl methyl sites for hydroxylation is 2. The Bertz CT molecular complexity index is 1040. The number of aromatic hydroxyl groups is 1. The zero-order valence-electron chi connectivity index (χ0n) is 14.1. The predicted octanol–water partition coefficient (Wildman–Crippen LogP) is 5.13. The van der Waals surface area contributed by atoms with Crippen molar-refractivity contribution in [2.75, 3.05) is 0 Å². The summed E-state index contributed by atoms with van der Waals surface area (Å²) < 4.78 is 5.93. The summed E-state index contributed by atoms with van der Waals surface area (Å²) in [6, 6.07) is 19.3. The number of aliphatic hydroxyl groups excluding tert-OH is 1. The van der Waals surface area contributed by atoms with Crippen molar-refractivity contribution in [3.8, 4) is 5.75 Å². The summed E-state index contributed by atoms with van der Waals surface area (Å²) in [6.07, 6.45) is 0.866.